The van der Waals surface area contributed by atoms with Crippen LogP contribution in [0.2, 0.25) is 0 Å². The molecule has 0 heterocycles. The highest BCUT2D eigenvalue weighted by Gasteiger charge is 2.19. The van der Waals surface area contributed by atoms with Gasteiger partial charge in [-0.1, -0.05) is 30.3 Å². The van der Waals surface area contributed by atoms with Gasteiger partial charge in [0, 0.05) is 11.7 Å². The molecule has 2 atom stereocenters. The van der Waals surface area contributed by atoms with Crippen LogP contribution >= 0.6 is 0 Å². The van der Waals surface area contributed by atoms with Crippen molar-refractivity contribution in [1.82, 2.24) is 5.32 Å². The van der Waals surface area contributed by atoms with Gasteiger partial charge in [0.25, 0.3) is 0 Å². The summed E-state index contributed by atoms with van der Waals surface area (Å²) >= 11 is 0. The Morgan fingerprint density at radius 2 is 1.58 bits per heavy atom. The molecule has 0 saturated carbocycles. The van der Waals surface area contributed by atoms with Gasteiger partial charge in [-0.2, -0.15) is 0 Å². The van der Waals surface area contributed by atoms with Gasteiger partial charge in [0.05, 0.1) is 20.3 Å². The lowest BCUT2D eigenvalue weighted by atomic mass is 9.96. The lowest BCUT2D eigenvalue weighted by molar-refractivity contribution is 0.187. The van der Waals surface area contributed by atoms with Crippen molar-refractivity contribution in [2.45, 2.75) is 19.0 Å². The Balaban J connectivity index is 1.95. The van der Waals surface area contributed by atoms with Crippen LogP contribution in [0.1, 0.15) is 35.7 Å². The van der Waals surface area contributed by atoms with Crippen LogP contribution in [0.25, 0.3) is 0 Å². The van der Waals surface area contributed by atoms with E-state index in [-0.39, 0.29) is 12.1 Å². The maximum absolute atomic E-state index is 13.7. The first-order valence-electron chi connectivity index (χ1n) is 9.71. The second-order valence-electron chi connectivity index (χ2n) is 7.01. The zero-order chi connectivity index (χ0) is 22.4. The largest absolute Gasteiger partial charge is 0.497 e. The van der Waals surface area contributed by atoms with Crippen LogP contribution in [-0.4, -0.2) is 20.3 Å². The molecule has 31 heavy (non-hydrogen) atoms. The minimum absolute atomic E-state index is 0.292. The van der Waals surface area contributed by atoms with Crippen molar-refractivity contribution in [3.05, 3.63) is 95.1 Å². The molecule has 0 saturated heterocycles. The highest BCUT2D eigenvalue weighted by atomic mass is 19.2. The van der Waals surface area contributed by atoms with E-state index in [1.54, 1.807) is 19.2 Å². The Labute approximate surface area is 180 Å². The lowest BCUT2D eigenvalue weighted by Crippen LogP contribution is -2.26. The third-order valence-electron chi connectivity index (χ3n) is 4.96. The molecule has 5 nitrogen and oxygen atoms in total. The summed E-state index contributed by atoms with van der Waals surface area (Å²) in [6, 6.07) is 18.1. The van der Waals surface area contributed by atoms with Crippen molar-refractivity contribution in [2.75, 3.05) is 19.5 Å². The summed E-state index contributed by atoms with van der Waals surface area (Å²) in [6.07, 6.45) is -0.568. The fourth-order valence-electron chi connectivity index (χ4n) is 3.27. The summed E-state index contributed by atoms with van der Waals surface area (Å²) in [5, 5.41) is 6.13. The fourth-order valence-corrected chi connectivity index (χ4v) is 3.27. The molecule has 0 fully saturated rings. The molecule has 0 aliphatic rings. The number of benzene rings is 3. The van der Waals surface area contributed by atoms with Gasteiger partial charge in [-0.25, -0.2) is 13.6 Å². The second-order valence-corrected chi connectivity index (χ2v) is 7.01. The summed E-state index contributed by atoms with van der Waals surface area (Å²) in [6.45, 7) is 1.87. The predicted octanol–water partition coefficient (Wildman–Crippen LogP) is 5.59. The highest BCUT2D eigenvalue weighted by Crippen LogP contribution is 2.29. The van der Waals surface area contributed by atoms with E-state index in [1.165, 1.54) is 13.2 Å². The van der Waals surface area contributed by atoms with Crippen LogP contribution in [0.15, 0.2) is 66.7 Å². The first kappa shape index (κ1) is 22.2. The molecule has 3 aromatic carbocycles. The summed E-state index contributed by atoms with van der Waals surface area (Å²) in [7, 11) is 2.89. The van der Waals surface area contributed by atoms with Crippen molar-refractivity contribution in [3.8, 4) is 5.75 Å². The number of methoxy groups -OCH3 is 2. The van der Waals surface area contributed by atoms with Gasteiger partial charge < -0.3 is 9.47 Å². The quantitative estimate of drug-likeness (QED) is 0.517. The van der Waals surface area contributed by atoms with Crippen molar-refractivity contribution in [2.24, 2.45) is 0 Å². The number of hydrogen-bond acceptors (Lipinski definition) is 4. The molecule has 0 aliphatic carbocycles. The molecular weight excluding hydrogens is 402 g/mol. The average molecular weight is 426 g/mol. The molecule has 2 unspecified atom stereocenters. The standard InChI is InChI=1S/C24H24F2N2O3/c1-15(17-9-12-21(25)22(26)14-17)27-23(16-7-10-20(30-2)11-8-16)18-5-4-6-19(13-18)28-24(29)31-3/h4-15,23,27H,1-3H3,(H,28,29). The Morgan fingerprint density at radius 1 is 0.871 bits per heavy atom. The van der Waals surface area contributed by atoms with E-state index < -0.39 is 17.7 Å². The monoisotopic (exact) mass is 426 g/mol. The van der Waals surface area contributed by atoms with Crippen molar-refractivity contribution in [1.29, 1.82) is 0 Å². The fraction of sp³-hybridized carbons (Fsp3) is 0.208. The highest BCUT2D eigenvalue weighted by molar-refractivity contribution is 5.84. The van der Waals surface area contributed by atoms with Crippen LogP contribution in [-0.2, 0) is 4.74 Å². The van der Waals surface area contributed by atoms with Crippen LogP contribution in [0.5, 0.6) is 5.75 Å². The number of amides is 1. The summed E-state index contributed by atoms with van der Waals surface area (Å²) in [4.78, 5) is 11.6. The third-order valence-corrected chi connectivity index (χ3v) is 4.96. The second kappa shape index (κ2) is 10.0. The molecule has 0 aromatic heterocycles. The van der Waals surface area contributed by atoms with E-state index in [2.05, 4.69) is 15.4 Å². The average Bonchev–Trinajstić information content (AvgIpc) is 2.79. The first-order valence-corrected chi connectivity index (χ1v) is 9.71. The van der Waals surface area contributed by atoms with Crippen molar-refractivity contribution in [3.63, 3.8) is 0 Å². The normalized spacial score (nSPS) is 12.7. The van der Waals surface area contributed by atoms with Crippen LogP contribution in [0, 0.1) is 11.6 Å². The number of carbonyl (C=O) groups is 1. The Morgan fingerprint density at radius 3 is 2.23 bits per heavy atom. The van der Waals surface area contributed by atoms with Crippen LogP contribution in [0.3, 0.4) is 0 Å². The Bertz CT molecular complexity index is 1040. The summed E-state index contributed by atoms with van der Waals surface area (Å²) in [5.74, 6) is -1.06. The Hall–Kier alpha value is -3.45. The van der Waals surface area contributed by atoms with Gasteiger partial charge in [0.2, 0.25) is 0 Å². The van der Waals surface area contributed by atoms with Crippen molar-refractivity contribution >= 4 is 11.8 Å². The molecule has 3 aromatic rings. The lowest BCUT2D eigenvalue weighted by Gasteiger charge is -2.25. The number of ether oxygens (including phenoxy) is 2. The number of carbonyl (C=O) groups excluding carboxylic acids is 1. The van der Waals surface area contributed by atoms with Crippen LogP contribution in [0.4, 0.5) is 19.3 Å². The SMILES string of the molecule is COC(=O)Nc1cccc(C(NC(C)c2ccc(F)c(F)c2)c2ccc(OC)cc2)c1. The first-order chi connectivity index (χ1) is 14.9. The van der Waals surface area contributed by atoms with Gasteiger partial charge in [-0.05, 0) is 60.0 Å². The molecule has 0 spiro atoms. The maximum Gasteiger partial charge on any atom is 0.411 e. The molecule has 0 bridgehead atoms. The van der Waals surface area contributed by atoms with E-state index in [0.717, 1.165) is 22.9 Å². The zero-order valence-corrected chi connectivity index (χ0v) is 17.5. The van der Waals surface area contributed by atoms with E-state index in [0.29, 0.717) is 11.3 Å². The van der Waals surface area contributed by atoms with Crippen LogP contribution < -0.4 is 15.4 Å². The number of halogens is 2. The van der Waals surface area contributed by atoms with E-state index in [1.807, 2.05) is 49.4 Å². The summed E-state index contributed by atoms with van der Waals surface area (Å²) in [5.41, 5.74) is 2.99. The van der Waals surface area contributed by atoms with E-state index >= 15 is 0 Å². The molecule has 0 radical (unpaired) electrons. The molecular formula is C24H24F2N2O3. The van der Waals surface area contributed by atoms with Crippen molar-refractivity contribution < 1.29 is 23.0 Å². The minimum Gasteiger partial charge on any atom is -0.497 e. The van der Waals surface area contributed by atoms with Gasteiger partial charge in [-0.15, -0.1) is 0 Å². The molecule has 3 rings (SSSR count). The number of rotatable bonds is 7. The summed E-state index contributed by atoms with van der Waals surface area (Å²) < 4.78 is 37.0. The molecule has 0 aliphatic heterocycles. The molecule has 1 amide bonds. The van der Waals surface area contributed by atoms with E-state index in [4.69, 9.17) is 4.74 Å². The van der Waals surface area contributed by atoms with Gasteiger partial charge in [0.15, 0.2) is 11.6 Å². The molecule has 7 heteroatoms. The zero-order valence-electron chi connectivity index (χ0n) is 17.5. The number of nitrogens with one attached hydrogen (secondary N) is 2. The third kappa shape index (κ3) is 5.58. The maximum atomic E-state index is 13.7. The van der Waals surface area contributed by atoms with E-state index in [9.17, 15) is 13.6 Å². The smallest absolute Gasteiger partial charge is 0.411 e. The topological polar surface area (TPSA) is 59.6 Å². The predicted molar refractivity (Wildman–Crippen MR) is 115 cm³/mol. The van der Waals surface area contributed by atoms with Gasteiger partial charge >= 0.3 is 6.09 Å². The van der Waals surface area contributed by atoms with Gasteiger partial charge in [0.1, 0.15) is 5.75 Å². The minimum atomic E-state index is -0.892. The number of anilines is 1. The molecule has 162 valence electrons. The Kier molecular flexibility index (Phi) is 7.20. The molecule has 2 N–H and O–H groups in total. The van der Waals surface area contributed by atoms with Gasteiger partial charge in [-0.3, -0.25) is 10.6 Å². The number of hydrogen-bond donors (Lipinski definition) is 2.